The molecule has 2 aromatic rings. The molecule has 6 heteroatoms. The number of methoxy groups -OCH3 is 1. The maximum absolute atomic E-state index is 12.6. The summed E-state index contributed by atoms with van der Waals surface area (Å²) in [6.45, 7) is 1.33. The number of pyridine rings is 1. The van der Waals surface area contributed by atoms with Crippen molar-refractivity contribution in [2.75, 3.05) is 20.2 Å². The first-order chi connectivity index (χ1) is 12.2. The molecule has 0 saturated carbocycles. The molecular weight excluding hydrogens is 340 g/mol. The van der Waals surface area contributed by atoms with Crippen molar-refractivity contribution in [2.24, 2.45) is 0 Å². The van der Waals surface area contributed by atoms with Crippen molar-refractivity contribution < 1.29 is 14.3 Å². The lowest BCUT2D eigenvalue weighted by molar-refractivity contribution is -0.133. The first-order valence-corrected chi connectivity index (χ1v) is 8.70. The van der Waals surface area contributed by atoms with Crippen LogP contribution in [-0.4, -0.2) is 42.1 Å². The highest BCUT2D eigenvalue weighted by Gasteiger charge is 2.25. The van der Waals surface area contributed by atoms with Crippen LogP contribution in [0.2, 0.25) is 5.02 Å². The van der Waals surface area contributed by atoms with Crippen molar-refractivity contribution in [3.63, 3.8) is 0 Å². The molecule has 5 nitrogen and oxygen atoms in total. The number of nitrogens with zero attached hydrogens (tertiary/aromatic N) is 2. The molecule has 1 unspecified atom stereocenters. The van der Waals surface area contributed by atoms with Gasteiger partial charge in [0.15, 0.2) is 0 Å². The monoisotopic (exact) mass is 360 g/mol. The topological polar surface area (TPSA) is 51.7 Å². The van der Waals surface area contributed by atoms with Gasteiger partial charge in [0.1, 0.15) is 22.6 Å². The molecule has 0 spiro atoms. The van der Waals surface area contributed by atoms with Crippen molar-refractivity contribution >= 4 is 17.5 Å². The average Bonchev–Trinajstić information content (AvgIpc) is 2.64. The number of hydrogen-bond acceptors (Lipinski definition) is 4. The molecule has 25 heavy (non-hydrogen) atoms. The number of likely N-dealkylation sites (tertiary alicyclic amines) is 1. The normalized spacial score (nSPS) is 17.2. The second kappa shape index (κ2) is 8.21. The lowest BCUT2D eigenvalue weighted by Gasteiger charge is -2.33. The van der Waals surface area contributed by atoms with Crippen LogP contribution in [-0.2, 0) is 11.2 Å². The number of hydrogen-bond donors (Lipinski definition) is 0. The van der Waals surface area contributed by atoms with E-state index in [-0.39, 0.29) is 12.0 Å². The van der Waals surface area contributed by atoms with Gasteiger partial charge >= 0.3 is 0 Å². The number of rotatable bonds is 5. The fraction of sp³-hybridized carbons (Fsp3) is 0.368. The van der Waals surface area contributed by atoms with E-state index in [2.05, 4.69) is 4.98 Å². The van der Waals surface area contributed by atoms with E-state index in [0.717, 1.165) is 30.7 Å². The summed E-state index contributed by atoms with van der Waals surface area (Å²) in [4.78, 5) is 18.4. The molecule has 1 aromatic carbocycles. The van der Waals surface area contributed by atoms with Gasteiger partial charge in [-0.2, -0.15) is 0 Å². The first kappa shape index (κ1) is 17.5. The quantitative estimate of drug-likeness (QED) is 0.820. The van der Waals surface area contributed by atoms with Crippen LogP contribution in [0.1, 0.15) is 18.4 Å². The number of carbonyl (C=O) groups is 1. The zero-order chi connectivity index (χ0) is 17.6. The number of carbonyl (C=O) groups excluding carboxylic acids is 1. The Kier molecular flexibility index (Phi) is 5.76. The van der Waals surface area contributed by atoms with E-state index in [1.807, 2.05) is 29.2 Å². The highest BCUT2D eigenvalue weighted by atomic mass is 35.5. The predicted octanol–water partition coefficient (Wildman–Crippen LogP) is 3.36. The molecule has 1 aromatic heterocycles. The lowest BCUT2D eigenvalue weighted by atomic mass is 10.1. The molecule has 0 N–H and O–H groups in total. The van der Waals surface area contributed by atoms with E-state index < -0.39 is 0 Å². The van der Waals surface area contributed by atoms with Crippen molar-refractivity contribution in [3.8, 4) is 11.5 Å². The molecule has 132 valence electrons. The number of aromatic nitrogens is 1. The third-order valence-electron chi connectivity index (χ3n) is 4.25. The second-order valence-corrected chi connectivity index (χ2v) is 6.46. The summed E-state index contributed by atoms with van der Waals surface area (Å²) in [5, 5.41) is 0.488. The minimum Gasteiger partial charge on any atom is -0.497 e. The van der Waals surface area contributed by atoms with Gasteiger partial charge in [-0.15, -0.1) is 0 Å². The molecule has 2 heterocycles. The highest BCUT2D eigenvalue weighted by Crippen LogP contribution is 2.26. The Labute approximate surface area is 152 Å². The average molecular weight is 361 g/mol. The second-order valence-electron chi connectivity index (χ2n) is 6.06. The van der Waals surface area contributed by atoms with Crippen LogP contribution in [0.4, 0.5) is 0 Å². The van der Waals surface area contributed by atoms with Gasteiger partial charge in [0, 0.05) is 25.0 Å². The van der Waals surface area contributed by atoms with E-state index >= 15 is 0 Å². The smallest absolute Gasteiger partial charge is 0.227 e. The van der Waals surface area contributed by atoms with Crippen LogP contribution in [0.25, 0.3) is 0 Å². The summed E-state index contributed by atoms with van der Waals surface area (Å²) >= 11 is 6.10. The number of amides is 1. The SMILES string of the molecule is COc1cccc(CC(=O)N2CCCC(Oc3ccncc3Cl)C2)c1. The molecule has 1 aliphatic rings. The summed E-state index contributed by atoms with van der Waals surface area (Å²) < 4.78 is 11.2. The summed E-state index contributed by atoms with van der Waals surface area (Å²) in [6.07, 6.45) is 5.34. The van der Waals surface area contributed by atoms with E-state index in [9.17, 15) is 4.79 Å². The molecule has 1 fully saturated rings. The molecule has 3 rings (SSSR count). The number of ether oxygens (including phenoxy) is 2. The number of halogens is 1. The number of benzene rings is 1. The van der Waals surface area contributed by atoms with E-state index in [0.29, 0.717) is 23.7 Å². The summed E-state index contributed by atoms with van der Waals surface area (Å²) in [5.74, 6) is 1.48. The van der Waals surface area contributed by atoms with Gasteiger partial charge in [0.25, 0.3) is 0 Å². The van der Waals surface area contributed by atoms with Crippen LogP contribution in [0.3, 0.4) is 0 Å². The van der Waals surface area contributed by atoms with Gasteiger partial charge in [-0.1, -0.05) is 23.7 Å². The third-order valence-corrected chi connectivity index (χ3v) is 4.53. The summed E-state index contributed by atoms with van der Waals surface area (Å²) in [6, 6.07) is 9.35. The number of piperidine rings is 1. The molecular formula is C19H21ClN2O3. The van der Waals surface area contributed by atoms with Crippen molar-refractivity contribution in [1.29, 1.82) is 0 Å². The summed E-state index contributed by atoms with van der Waals surface area (Å²) in [7, 11) is 1.62. The summed E-state index contributed by atoms with van der Waals surface area (Å²) in [5.41, 5.74) is 0.949. The Bertz CT molecular complexity index is 738. The van der Waals surface area contributed by atoms with Gasteiger partial charge in [-0.05, 0) is 30.5 Å². The van der Waals surface area contributed by atoms with Crippen LogP contribution in [0.15, 0.2) is 42.7 Å². The largest absolute Gasteiger partial charge is 0.497 e. The molecule has 1 atom stereocenters. The Morgan fingerprint density at radius 2 is 2.28 bits per heavy atom. The van der Waals surface area contributed by atoms with Gasteiger partial charge < -0.3 is 14.4 Å². The highest BCUT2D eigenvalue weighted by molar-refractivity contribution is 6.31. The predicted molar refractivity (Wildman–Crippen MR) is 96.2 cm³/mol. The Hall–Kier alpha value is -2.27. The van der Waals surface area contributed by atoms with E-state index in [1.54, 1.807) is 25.6 Å². The van der Waals surface area contributed by atoms with Crippen LogP contribution >= 0.6 is 11.6 Å². The molecule has 0 aliphatic carbocycles. The van der Waals surface area contributed by atoms with Crippen LogP contribution in [0.5, 0.6) is 11.5 Å². The van der Waals surface area contributed by atoms with Crippen LogP contribution in [0, 0.1) is 0 Å². The standard InChI is InChI=1S/C19H21ClN2O3/c1-24-15-5-2-4-14(10-15)11-19(23)22-9-3-6-16(13-22)25-18-7-8-21-12-17(18)20/h2,4-5,7-8,10,12,16H,3,6,9,11,13H2,1H3. The van der Waals surface area contributed by atoms with Gasteiger partial charge in [0.2, 0.25) is 5.91 Å². The van der Waals surface area contributed by atoms with Crippen molar-refractivity contribution in [1.82, 2.24) is 9.88 Å². The minimum atomic E-state index is -0.0529. The maximum Gasteiger partial charge on any atom is 0.227 e. The molecule has 0 radical (unpaired) electrons. The lowest BCUT2D eigenvalue weighted by Crippen LogP contribution is -2.45. The molecule has 0 bridgehead atoms. The fourth-order valence-corrected chi connectivity index (χ4v) is 3.13. The maximum atomic E-state index is 12.6. The zero-order valence-electron chi connectivity index (χ0n) is 14.2. The van der Waals surface area contributed by atoms with Crippen molar-refractivity contribution in [2.45, 2.75) is 25.4 Å². The zero-order valence-corrected chi connectivity index (χ0v) is 14.9. The Morgan fingerprint density at radius 1 is 1.40 bits per heavy atom. The van der Waals surface area contributed by atoms with Gasteiger partial charge in [-0.3, -0.25) is 9.78 Å². The third kappa shape index (κ3) is 4.63. The molecule has 1 aliphatic heterocycles. The first-order valence-electron chi connectivity index (χ1n) is 8.32. The van der Waals surface area contributed by atoms with Crippen molar-refractivity contribution in [3.05, 3.63) is 53.3 Å². The molecule has 1 amide bonds. The Balaban J connectivity index is 1.60. The van der Waals surface area contributed by atoms with Gasteiger partial charge in [0.05, 0.1) is 20.1 Å². The van der Waals surface area contributed by atoms with E-state index in [1.165, 1.54) is 0 Å². The Morgan fingerprint density at radius 3 is 3.08 bits per heavy atom. The van der Waals surface area contributed by atoms with Crippen LogP contribution < -0.4 is 9.47 Å². The van der Waals surface area contributed by atoms with Gasteiger partial charge in [-0.25, -0.2) is 0 Å². The minimum absolute atomic E-state index is 0.0529. The molecule has 1 saturated heterocycles. The van der Waals surface area contributed by atoms with E-state index in [4.69, 9.17) is 21.1 Å². The fourth-order valence-electron chi connectivity index (χ4n) is 2.97.